The van der Waals surface area contributed by atoms with Crippen molar-refractivity contribution < 1.29 is 23.2 Å². The summed E-state index contributed by atoms with van der Waals surface area (Å²) in [7, 11) is -3.83. The van der Waals surface area contributed by atoms with E-state index in [2.05, 4.69) is 0 Å². The summed E-state index contributed by atoms with van der Waals surface area (Å²) in [5.74, 6) is -2.21. The van der Waals surface area contributed by atoms with Crippen molar-refractivity contribution in [2.75, 3.05) is 0 Å². The van der Waals surface area contributed by atoms with Crippen LogP contribution in [0.2, 0.25) is 0 Å². The van der Waals surface area contributed by atoms with Crippen molar-refractivity contribution in [3.63, 3.8) is 0 Å². The highest BCUT2D eigenvalue weighted by molar-refractivity contribution is 7.90. The SMILES string of the molecule is O=C([O-])c1ccc([N+](=O)[O-])c(CS(=O)(=O)c2ccccc2)c1. The second kappa shape index (κ2) is 5.94. The van der Waals surface area contributed by atoms with Gasteiger partial charge in [-0.3, -0.25) is 10.1 Å². The molecule has 7 nitrogen and oxygen atoms in total. The van der Waals surface area contributed by atoms with Crippen LogP contribution in [0.25, 0.3) is 0 Å². The number of carboxylic acids is 1. The molecule has 2 aromatic rings. The first-order chi connectivity index (χ1) is 10.3. The Labute approximate surface area is 125 Å². The average molecular weight is 320 g/mol. The minimum absolute atomic E-state index is 0.00292. The van der Waals surface area contributed by atoms with E-state index in [0.717, 1.165) is 18.2 Å². The molecule has 114 valence electrons. The number of hydrogen-bond acceptors (Lipinski definition) is 6. The molecule has 0 fully saturated rings. The van der Waals surface area contributed by atoms with Crippen molar-refractivity contribution in [2.45, 2.75) is 10.6 Å². The molecule has 0 saturated heterocycles. The van der Waals surface area contributed by atoms with E-state index >= 15 is 0 Å². The fraction of sp³-hybridized carbons (Fsp3) is 0.0714. The van der Waals surface area contributed by atoms with Gasteiger partial charge < -0.3 is 9.90 Å². The molecule has 0 saturated carbocycles. The van der Waals surface area contributed by atoms with Gasteiger partial charge in [0.1, 0.15) is 0 Å². The Balaban J connectivity index is 2.50. The number of aromatic carboxylic acids is 1. The lowest BCUT2D eigenvalue weighted by molar-refractivity contribution is -0.385. The predicted octanol–water partition coefficient (Wildman–Crippen LogP) is 0.932. The number of carboxylic acid groups (broad SMARTS) is 1. The normalized spacial score (nSPS) is 11.1. The van der Waals surface area contributed by atoms with E-state index in [1.807, 2.05) is 0 Å². The molecule has 0 amide bonds. The zero-order valence-electron chi connectivity index (χ0n) is 11.1. The lowest BCUT2D eigenvalue weighted by Gasteiger charge is -2.08. The van der Waals surface area contributed by atoms with Crippen LogP contribution < -0.4 is 5.11 Å². The van der Waals surface area contributed by atoms with Gasteiger partial charge in [0.15, 0.2) is 9.84 Å². The Kier molecular flexibility index (Phi) is 4.22. The van der Waals surface area contributed by atoms with Crippen LogP contribution >= 0.6 is 0 Å². The number of sulfone groups is 1. The number of nitro benzene ring substituents is 1. The Hall–Kier alpha value is -2.74. The van der Waals surface area contributed by atoms with Gasteiger partial charge in [0, 0.05) is 11.6 Å². The minimum Gasteiger partial charge on any atom is -0.545 e. The topological polar surface area (TPSA) is 117 Å². The molecule has 0 radical (unpaired) electrons. The number of benzene rings is 2. The molecular weight excluding hydrogens is 310 g/mol. The molecule has 0 atom stereocenters. The monoisotopic (exact) mass is 320 g/mol. The molecule has 0 bridgehead atoms. The molecule has 0 unspecified atom stereocenters. The van der Waals surface area contributed by atoms with Gasteiger partial charge in [0.05, 0.1) is 21.5 Å². The van der Waals surface area contributed by atoms with Crippen LogP contribution in [-0.4, -0.2) is 19.3 Å². The first-order valence-electron chi connectivity index (χ1n) is 6.08. The van der Waals surface area contributed by atoms with Crippen molar-refractivity contribution in [1.29, 1.82) is 0 Å². The highest BCUT2D eigenvalue weighted by atomic mass is 32.2. The molecule has 0 spiro atoms. The Morgan fingerprint density at radius 3 is 2.27 bits per heavy atom. The van der Waals surface area contributed by atoms with Gasteiger partial charge >= 0.3 is 0 Å². The number of carbonyl (C=O) groups excluding carboxylic acids is 1. The van der Waals surface area contributed by atoms with E-state index < -0.39 is 32.2 Å². The fourth-order valence-corrected chi connectivity index (χ4v) is 3.30. The lowest BCUT2D eigenvalue weighted by atomic mass is 10.1. The van der Waals surface area contributed by atoms with Crippen LogP contribution in [0.15, 0.2) is 53.4 Å². The lowest BCUT2D eigenvalue weighted by Crippen LogP contribution is -2.22. The van der Waals surface area contributed by atoms with E-state index in [0.29, 0.717) is 0 Å². The summed E-state index contributed by atoms with van der Waals surface area (Å²) < 4.78 is 24.5. The predicted molar refractivity (Wildman–Crippen MR) is 74.8 cm³/mol. The maximum Gasteiger partial charge on any atom is 0.273 e. The molecule has 2 aromatic carbocycles. The highest BCUT2D eigenvalue weighted by Crippen LogP contribution is 2.25. The fourth-order valence-electron chi connectivity index (χ4n) is 1.92. The number of nitrogens with zero attached hydrogens (tertiary/aromatic N) is 1. The molecule has 8 heteroatoms. The summed E-state index contributed by atoms with van der Waals surface area (Å²) in [5.41, 5.74) is -0.969. The van der Waals surface area contributed by atoms with Gasteiger partial charge in [0.2, 0.25) is 0 Å². The van der Waals surface area contributed by atoms with Crippen LogP contribution in [0.4, 0.5) is 5.69 Å². The summed E-state index contributed by atoms with van der Waals surface area (Å²) >= 11 is 0. The standard InChI is InChI=1S/C14H11NO6S/c16-14(17)10-6-7-13(15(18)19)11(8-10)9-22(20,21)12-4-2-1-3-5-12/h1-8H,9H2,(H,16,17)/p-1. The molecule has 0 aliphatic rings. The zero-order chi connectivity index (χ0) is 16.3. The first kappa shape index (κ1) is 15.6. The number of rotatable bonds is 5. The van der Waals surface area contributed by atoms with Crippen LogP contribution in [-0.2, 0) is 15.6 Å². The summed E-state index contributed by atoms with van der Waals surface area (Å²) in [6, 6.07) is 10.3. The van der Waals surface area contributed by atoms with E-state index in [4.69, 9.17) is 0 Å². The van der Waals surface area contributed by atoms with Gasteiger partial charge in [-0.2, -0.15) is 0 Å². The number of nitro groups is 1. The molecule has 0 aliphatic heterocycles. The molecule has 0 heterocycles. The van der Waals surface area contributed by atoms with Crippen LogP contribution in [0.3, 0.4) is 0 Å². The maximum absolute atomic E-state index is 12.3. The van der Waals surface area contributed by atoms with Crippen LogP contribution in [0.5, 0.6) is 0 Å². The Morgan fingerprint density at radius 1 is 1.09 bits per heavy atom. The summed E-state index contributed by atoms with van der Waals surface area (Å²) in [5, 5.41) is 21.8. The third-order valence-corrected chi connectivity index (χ3v) is 4.64. The van der Waals surface area contributed by atoms with Crippen molar-refractivity contribution in [3.8, 4) is 0 Å². The maximum atomic E-state index is 12.3. The average Bonchev–Trinajstić information content (AvgIpc) is 2.47. The quantitative estimate of drug-likeness (QED) is 0.597. The zero-order valence-corrected chi connectivity index (χ0v) is 11.9. The van der Waals surface area contributed by atoms with E-state index in [9.17, 15) is 28.4 Å². The van der Waals surface area contributed by atoms with Gasteiger partial charge in [-0.15, -0.1) is 0 Å². The van der Waals surface area contributed by atoms with Crippen molar-refractivity contribution >= 4 is 21.5 Å². The molecule has 2 rings (SSSR count). The van der Waals surface area contributed by atoms with Gasteiger partial charge in [0.25, 0.3) is 5.69 Å². The second-order valence-corrected chi connectivity index (χ2v) is 6.45. The van der Waals surface area contributed by atoms with Gasteiger partial charge in [-0.1, -0.05) is 18.2 Å². The molecule has 0 aromatic heterocycles. The number of hydrogen-bond donors (Lipinski definition) is 0. The Bertz CT molecular complexity index is 830. The largest absolute Gasteiger partial charge is 0.545 e. The van der Waals surface area contributed by atoms with E-state index in [1.165, 1.54) is 24.3 Å². The van der Waals surface area contributed by atoms with E-state index in [-0.39, 0.29) is 16.0 Å². The minimum atomic E-state index is -3.83. The number of carbonyl (C=O) groups is 1. The van der Waals surface area contributed by atoms with Gasteiger partial charge in [-0.05, 0) is 29.8 Å². The Morgan fingerprint density at radius 2 is 1.73 bits per heavy atom. The highest BCUT2D eigenvalue weighted by Gasteiger charge is 2.22. The van der Waals surface area contributed by atoms with Crippen molar-refractivity contribution in [2.24, 2.45) is 0 Å². The molecule has 0 aliphatic carbocycles. The van der Waals surface area contributed by atoms with Crippen LogP contribution in [0, 0.1) is 10.1 Å². The van der Waals surface area contributed by atoms with E-state index in [1.54, 1.807) is 6.07 Å². The molecular formula is C14H10NO6S-. The molecule has 22 heavy (non-hydrogen) atoms. The summed E-state index contributed by atoms with van der Waals surface area (Å²) in [4.78, 5) is 21.1. The van der Waals surface area contributed by atoms with Crippen LogP contribution in [0.1, 0.15) is 15.9 Å². The first-order valence-corrected chi connectivity index (χ1v) is 7.73. The van der Waals surface area contributed by atoms with Crippen molar-refractivity contribution in [1.82, 2.24) is 0 Å². The summed E-state index contributed by atoms with van der Waals surface area (Å²) in [6.07, 6.45) is 0. The smallest absolute Gasteiger partial charge is 0.273 e. The second-order valence-electron chi connectivity index (χ2n) is 4.46. The summed E-state index contributed by atoms with van der Waals surface area (Å²) in [6.45, 7) is 0. The third kappa shape index (κ3) is 3.29. The molecule has 0 N–H and O–H groups in total. The third-order valence-electron chi connectivity index (χ3n) is 2.96. The van der Waals surface area contributed by atoms with Gasteiger partial charge in [-0.25, -0.2) is 8.42 Å². The van der Waals surface area contributed by atoms with Crippen molar-refractivity contribution in [3.05, 3.63) is 69.8 Å².